The third kappa shape index (κ3) is 3.86. The van der Waals surface area contributed by atoms with Crippen LogP contribution < -0.4 is 15.5 Å². The number of aromatic nitrogens is 1. The van der Waals surface area contributed by atoms with Crippen molar-refractivity contribution in [3.8, 4) is 0 Å². The highest BCUT2D eigenvalue weighted by Crippen LogP contribution is 2.32. The monoisotopic (exact) mass is 433 g/mol. The summed E-state index contributed by atoms with van der Waals surface area (Å²) in [6, 6.07) is 9.72. The Bertz CT molecular complexity index is 1040. The zero-order valence-corrected chi connectivity index (χ0v) is 17.9. The summed E-state index contributed by atoms with van der Waals surface area (Å²) >= 11 is 0. The first-order valence-corrected chi connectivity index (χ1v) is 11.2. The Labute approximate surface area is 187 Å². The molecule has 1 unspecified atom stereocenters. The van der Waals surface area contributed by atoms with E-state index in [0.717, 1.165) is 42.7 Å². The van der Waals surface area contributed by atoms with Crippen molar-refractivity contribution in [3.63, 3.8) is 0 Å². The molecule has 0 radical (unpaired) electrons. The van der Waals surface area contributed by atoms with Crippen LogP contribution in [0.1, 0.15) is 47.2 Å². The van der Waals surface area contributed by atoms with Crippen LogP contribution in [0.5, 0.6) is 0 Å². The van der Waals surface area contributed by atoms with Gasteiger partial charge in [0.05, 0.1) is 11.9 Å². The molecule has 3 aliphatic heterocycles. The van der Waals surface area contributed by atoms with Gasteiger partial charge in [0, 0.05) is 37.3 Å². The Kier molecular flexibility index (Phi) is 5.61. The molecule has 0 saturated carbocycles. The molecule has 2 fully saturated rings. The van der Waals surface area contributed by atoms with Gasteiger partial charge in [-0.15, -0.1) is 0 Å². The van der Waals surface area contributed by atoms with Crippen LogP contribution in [-0.4, -0.2) is 52.8 Å². The molecule has 3 aliphatic rings. The smallest absolute Gasteiger partial charge is 0.255 e. The van der Waals surface area contributed by atoms with Crippen LogP contribution >= 0.6 is 0 Å². The van der Waals surface area contributed by atoms with Gasteiger partial charge in [-0.2, -0.15) is 0 Å². The predicted octanol–water partition coefficient (Wildman–Crippen LogP) is 1.60. The summed E-state index contributed by atoms with van der Waals surface area (Å²) in [4.78, 5) is 45.7. The lowest BCUT2D eigenvalue weighted by atomic mass is 9.99. The minimum atomic E-state index is -0.598. The van der Waals surface area contributed by atoms with E-state index < -0.39 is 6.04 Å². The van der Waals surface area contributed by atoms with Crippen LogP contribution in [0, 0.1) is 0 Å². The number of benzene rings is 1. The van der Waals surface area contributed by atoms with Crippen LogP contribution in [-0.2, 0) is 22.7 Å². The van der Waals surface area contributed by atoms with E-state index in [2.05, 4.69) is 26.6 Å². The molecule has 0 bridgehead atoms. The molecule has 4 heterocycles. The van der Waals surface area contributed by atoms with E-state index in [0.29, 0.717) is 31.1 Å². The Morgan fingerprint density at radius 1 is 1.06 bits per heavy atom. The Morgan fingerprint density at radius 3 is 2.66 bits per heavy atom. The van der Waals surface area contributed by atoms with Gasteiger partial charge in [-0.1, -0.05) is 18.2 Å². The van der Waals surface area contributed by atoms with Crippen molar-refractivity contribution < 1.29 is 14.4 Å². The molecule has 32 heavy (non-hydrogen) atoms. The normalized spacial score (nSPS) is 21.4. The lowest BCUT2D eigenvalue weighted by Gasteiger charge is -2.36. The second-order valence-electron chi connectivity index (χ2n) is 8.67. The maximum atomic E-state index is 13.5. The van der Waals surface area contributed by atoms with Crippen LogP contribution in [0.2, 0.25) is 0 Å². The Balaban J connectivity index is 1.44. The average Bonchev–Trinajstić information content (AvgIpc) is 3.15. The number of amides is 3. The number of hydrogen-bond acceptors (Lipinski definition) is 6. The van der Waals surface area contributed by atoms with Gasteiger partial charge in [0.1, 0.15) is 6.04 Å². The maximum absolute atomic E-state index is 13.5. The number of carbonyl (C=O) groups is 3. The first-order chi connectivity index (χ1) is 15.6. The lowest BCUT2D eigenvalue weighted by molar-refractivity contribution is -0.136. The molecule has 1 atom stereocenters. The summed E-state index contributed by atoms with van der Waals surface area (Å²) < 4.78 is 0. The third-order valence-corrected chi connectivity index (χ3v) is 6.71. The van der Waals surface area contributed by atoms with E-state index in [1.54, 1.807) is 11.1 Å². The molecule has 2 aromatic rings. The summed E-state index contributed by atoms with van der Waals surface area (Å²) in [6.07, 6.45) is 6.33. The summed E-state index contributed by atoms with van der Waals surface area (Å²) in [6.45, 7) is 2.94. The van der Waals surface area contributed by atoms with Gasteiger partial charge >= 0.3 is 0 Å². The fourth-order valence-electron chi connectivity index (χ4n) is 5.08. The van der Waals surface area contributed by atoms with Gasteiger partial charge < -0.3 is 15.1 Å². The van der Waals surface area contributed by atoms with Gasteiger partial charge in [-0.3, -0.25) is 24.7 Å². The van der Waals surface area contributed by atoms with Crippen LogP contribution in [0.25, 0.3) is 0 Å². The SMILES string of the molecule is O=C1CCC(N2Cc3cccc(CN(c4cccnc4)C4CCNCC4)c3C2=O)C(=O)N1. The summed E-state index contributed by atoms with van der Waals surface area (Å²) in [5.74, 6) is -0.776. The molecule has 1 aromatic carbocycles. The fraction of sp³-hybridized carbons (Fsp3) is 0.417. The van der Waals surface area contributed by atoms with E-state index in [9.17, 15) is 14.4 Å². The largest absolute Gasteiger partial charge is 0.363 e. The van der Waals surface area contributed by atoms with Gasteiger partial charge in [0.15, 0.2) is 0 Å². The molecule has 0 spiro atoms. The molecule has 1 aromatic heterocycles. The Morgan fingerprint density at radius 2 is 1.91 bits per heavy atom. The molecular formula is C24H27N5O3. The molecule has 2 N–H and O–H groups in total. The molecule has 0 aliphatic carbocycles. The number of fused-ring (bicyclic) bond motifs is 1. The molecule has 8 heteroatoms. The van der Waals surface area contributed by atoms with Crippen molar-refractivity contribution in [3.05, 3.63) is 59.4 Å². The minimum Gasteiger partial charge on any atom is -0.363 e. The molecular weight excluding hydrogens is 406 g/mol. The summed E-state index contributed by atoms with van der Waals surface area (Å²) in [5.41, 5.74) is 3.64. The van der Waals surface area contributed by atoms with E-state index in [-0.39, 0.29) is 24.1 Å². The molecule has 166 valence electrons. The number of nitrogens with zero attached hydrogens (tertiary/aromatic N) is 3. The predicted molar refractivity (Wildman–Crippen MR) is 119 cm³/mol. The highest BCUT2D eigenvalue weighted by atomic mass is 16.2. The van der Waals surface area contributed by atoms with E-state index in [1.807, 2.05) is 30.5 Å². The number of pyridine rings is 1. The number of carbonyl (C=O) groups excluding carboxylic acids is 3. The van der Waals surface area contributed by atoms with E-state index in [1.165, 1.54) is 0 Å². The zero-order chi connectivity index (χ0) is 22.1. The van der Waals surface area contributed by atoms with Crippen molar-refractivity contribution in [2.24, 2.45) is 0 Å². The Hall–Kier alpha value is -3.26. The van der Waals surface area contributed by atoms with Crippen molar-refractivity contribution in [1.82, 2.24) is 20.5 Å². The fourth-order valence-corrected chi connectivity index (χ4v) is 5.08. The van der Waals surface area contributed by atoms with Gasteiger partial charge in [0.25, 0.3) is 5.91 Å². The topological polar surface area (TPSA) is 94.6 Å². The van der Waals surface area contributed by atoms with E-state index >= 15 is 0 Å². The van der Waals surface area contributed by atoms with Gasteiger partial charge in [0.2, 0.25) is 11.8 Å². The first kappa shape index (κ1) is 20.6. The summed E-state index contributed by atoms with van der Waals surface area (Å²) in [7, 11) is 0. The molecule has 2 saturated heterocycles. The maximum Gasteiger partial charge on any atom is 0.255 e. The highest BCUT2D eigenvalue weighted by Gasteiger charge is 2.40. The number of rotatable bonds is 5. The number of anilines is 1. The van der Waals surface area contributed by atoms with E-state index in [4.69, 9.17) is 0 Å². The minimum absolute atomic E-state index is 0.124. The van der Waals surface area contributed by atoms with Gasteiger partial charge in [-0.05, 0) is 55.6 Å². The molecule has 3 amide bonds. The second kappa shape index (κ2) is 8.70. The van der Waals surface area contributed by atoms with Crippen LogP contribution in [0.4, 0.5) is 5.69 Å². The van der Waals surface area contributed by atoms with Gasteiger partial charge in [-0.25, -0.2) is 0 Å². The number of nitrogens with one attached hydrogen (secondary N) is 2. The molecule has 8 nitrogen and oxygen atoms in total. The number of imide groups is 1. The highest BCUT2D eigenvalue weighted by molar-refractivity contribution is 6.06. The zero-order valence-electron chi connectivity index (χ0n) is 17.9. The second-order valence-corrected chi connectivity index (χ2v) is 8.67. The number of piperidine rings is 2. The van der Waals surface area contributed by atoms with Crippen LogP contribution in [0.3, 0.4) is 0 Å². The van der Waals surface area contributed by atoms with Crippen molar-refractivity contribution in [2.75, 3.05) is 18.0 Å². The third-order valence-electron chi connectivity index (χ3n) is 6.71. The standard InChI is InChI=1S/C24H27N5O3/c30-21-7-6-20(23(31)27-21)29-15-17-4-1-3-16(22(17)24(29)32)14-28(18-8-11-25-12-9-18)19-5-2-10-26-13-19/h1-5,10,13,18,20,25H,6-9,11-12,14-15H2,(H,27,30,31). The molecule has 5 rings (SSSR count). The van der Waals surface area contributed by atoms with Crippen LogP contribution in [0.15, 0.2) is 42.7 Å². The first-order valence-electron chi connectivity index (χ1n) is 11.2. The van der Waals surface area contributed by atoms with Crippen molar-refractivity contribution in [1.29, 1.82) is 0 Å². The van der Waals surface area contributed by atoms with Crippen molar-refractivity contribution >= 4 is 23.4 Å². The van der Waals surface area contributed by atoms with Crippen molar-refractivity contribution in [2.45, 2.75) is 50.9 Å². The average molecular weight is 434 g/mol. The quantitative estimate of drug-likeness (QED) is 0.696. The summed E-state index contributed by atoms with van der Waals surface area (Å²) in [5, 5.41) is 5.79. The lowest BCUT2D eigenvalue weighted by Crippen LogP contribution is -2.52. The number of hydrogen-bond donors (Lipinski definition) is 2.